The predicted octanol–water partition coefficient (Wildman–Crippen LogP) is 0.409. The molecule has 1 N–H and O–H groups in total. The Hall–Kier alpha value is -0.0151. The van der Waals surface area contributed by atoms with E-state index in [9.17, 15) is 5.11 Å². The van der Waals surface area contributed by atoms with E-state index in [1.54, 1.807) is 4.81 Å². The minimum Gasteiger partial charge on any atom is -0.392 e. The smallest absolute Gasteiger partial charge is 0.182 e. The molecule has 62 valence electrons. The van der Waals surface area contributed by atoms with Crippen LogP contribution in [0.25, 0.3) is 0 Å². The first kappa shape index (κ1) is 9.08. The van der Waals surface area contributed by atoms with E-state index in [-0.39, 0.29) is 6.10 Å². The van der Waals surface area contributed by atoms with Gasteiger partial charge in [-0.3, -0.25) is 0 Å². The van der Waals surface area contributed by atoms with E-state index in [1.807, 2.05) is 0 Å². The molecule has 1 saturated heterocycles. The predicted molar refractivity (Wildman–Crippen MR) is 46.3 cm³/mol. The molecular formula is C8H16BNO. The molecule has 0 saturated carbocycles. The Morgan fingerprint density at radius 3 is 2.64 bits per heavy atom. The highest BCUT2D eigenvalue weighted by Crippen LogP contribution is 2.23. The third-order valence-corrected chi connectivity index (χ3v) is 2.52. The van der Waals surface area contributed by atoms with Crippen LogP contribution in [0.15, 0.2) is 0 Å². The quantitative estimate of drug-likeness (QED) is 0.551. The summed E-state index contributed by atoms with van der Waals surface area (Å²) in [5.74, 6) is 1.01. The second kappa shape index (κ2) is 3.59. The topological polar surface area (TPSA) is 23.5 Å². The Morgan fingerprint density at radius 2 is 2.18 bits per heavy atom. The van der Waals surface area contributed by atoms with Gasteiger partial charge in [0.25, 0.3) is 0 Å². The maximum atomic E-state index is 9.59. The van der Waals surface area contributed by atoms with Gasteiger partial charge in [0.2, 0.25) is 0 Å². The summed E-state index contributed by atoms with van der Waals surface area (Å²) in [5, 5.41) is 9.59. The third-order valence-electron chi connectivity index (χ3n) is 2.52. The molecule has 3 heteroatoms. The second-order valence-electron chi connectivity index (χ2n) is 3.76. The van der Waals surface area contributed by atoms with Gasteiger partial charge in [0.1, 0.15) is 0 Å². The monoisotopic (exact) mass is 153 g/mol. The van der Waals surface area contributed by atoms with E-state index in [1.165, 1.54) is 0 Å². The molecule has 1 aliphatic heterocycles. The average Bonchev–Trinajstić information content (AvgIpc) is 1.85. The lowest BCUT2D eigenvalue weighted by Gasteiger charge is -2.36. The van der Waals surface area contributed by atoms with Crippen molar-refractivity contribution < 1.29 is 5.11 Å². The first-order valence-corrected chi connectivity index (χ1v) is 4.29. The SMILES string of the molecule is [B]N1CCC(C(C)C)C(O)C1. The number of piperidine rings is 1. The van der Waals surface area contributed by atoms with Crippen LogP contribution >= 0.6 is 0 Å². The molecule has 0 spiro atoms. The van der Waals surface area contributed by atoms with Crippen LogP contribution in [0.1, 0.15) is 20.3 Å². The second-order valence-corrected chi connectivity index (χ2v) is 3.76. The molecule has 0 amide bonds. The summed E-state index contributed by atoms with van der Waals surface area (Å²) in [6, 6.07) is 0. The summed E-state index contributed by atoms with van der Waals surface area (Å²) in [7, 11) is 5.56. The van der Waals surface area contributed by atoms with E-state index < -0.39 is 0 Å². The highest BCUT2D eigenvalue weighted by atomic mass is 16.3. The molecule has 2 unspecified atom stereocenters. The average molecular weight is 153 g/mol. The van der Waals surface area contributed by atoms with E-state index in [2.05, 4.69) is 13.8 Å². The summed E-state index contributed by atoms with van der Waals surface area (Å²) in [6.45, 7) is 5.85. The van der Waals surface area contributed by atoms with Crippen LogP contribution in [0.3, 0.4) is 0 Å². The number of rotatable bonds is 1. The zero-order valence-corrected chi connectivity index (χ0v) is 7.33. The van der Waals surface area contributed by atoms with Crippen LogP contribution in [0.4, 0.5) is 0 Å². The number of aliphatic hydroxyl groups is 1. The van der Waals surface area contributed by atoms with Gasteiger partial charge in [-0.15, -0.1) is 0 Å². The van der Waals surface area contributed by atoms with Crippen LogP contribution in [-0.2, 0) is 0 Å². The fourth-order valence-electron chi connectivity index (χ4n) is 1.75. The largest absolute Gasteiger partial charge is 0.392 e. The minimum atomic E-state index is -0.228. The number of aliphatic hydroxyl groups excluding tert-OH is 1. The normalized spacial score (nSPS) is 34.5. The Kier molecular flexibility index (Phi) is 2.96. The molecule has 11 heavy (non-hydrogen) atoms. The van der Waals surface area contributed by atoms with Crippen molar-refractivity contribution in [3.05, 3.63) is 0 Å². The molecule has 0 aromatic carbocycles. The minimum absolute atomic E-state index is 0.228. The fraction of sp³-hybridized carbons (Fsp3) is 1.00. The Morgan fingerprint density at radius 1 is 1.55 bits per heavy atom. The fourth-order valence-corrected chi connectivity index (χ4v) is 1.75. The van der Waals surface area contributed by atoms with Crippen LogP contribution in [0.5, 0.6) is 0 Å². The van der Waals surface area contributed by atoms with Gasteiger partial charge in [-0.25, -0.2) is 0 Å². The van der Waals surface area contributed by atoms with Crippen molar-refractivity contribution in [2.24, 2.45) is 11.8 Å². The number of hydrogen-bond acceptors (Lipinski definition) is 2. The molecule has 2 atom stereocenters. The van der Waals surface area contributed by atoms with Crippen molar-refractivity contribution in [2.75, 3.05) is 13.1 Å². The van der Waals surface area contributed by atoms with Crippen molar-refractivity contribution in [1.82, 2.24) is 4.81 Å². The summed E-state index contributed by atoms with van der Waals surface area (Å²) in [5.41, 5.74) is 0. The summed E-state index contributed by atoms with van der Waals surface area (Å²) in [6.07, 6.45) is 0.795. The molecule has 0 aliphatic carbocycles. The highest BCUT2D eigenvalue weighted by molar-refractivity contribution is 6.04. The molecule has 1 aliphatic rings. The van der Waals surface area contributed by atoms with Gasteiger partial charge in [0.15, 0.2) is 7.98 Å². The van der Waals surface area contributed by atoms with Crippen LogP contribution in [-0.4, -0.2) is 37.1 Å². The Balaban J connectivity index is 2.44. The molecule has 2 radical (unpaired) electrons. The van der Waals surface area contributed by atoms with Crippen molar-refractivity contribution in [1.29, 1.82) is 0 Å². The molecule has 2 nitrogen and oxygen atoms in total. The molecule has 0 bridgehead atoms. The zero-order valence-electron chi connectivity index (χ0n) is 7.33. The van der Waals surface area contributed by atoms with Gasteiger partial charge in [-0.1, -0.05) is 13.8 Å². The lowest BCUT2D eigenvalue weighted by molar-refractivity contribution is 0.0303. The van der Waals surface area contributed by atoms with Crippen LogP contribution < -0.4 is 0 Å². The zero-order chi connectivity index (χ0) is 8.43. The highest BCUT2D eigenvalue weighted by Gasteiger charge is 2.27. The lowest BCUT2D eigenvalue weighted by atomic mass is 9.83. The lowest BCUT2D eigenvalue weighted by Crippen LogP contribution is -2.44. The van der Waals surface area contributed by atoms with E-state index >= 15 is 0 Å². The van der Waals surface area contributed by atoms with Gasteiger partial charge in [-0.2, -0.15) is 0 Å². The first-order chi connectivity index (χ1) is 5.11. The Bertz CT molecular complexity index is 129. The first-order valence-electron chi connectivity index (χ1n) is 4.29. The van der Waals surface area contributed by atoms with Crippen LogP contribution in [0.2, 0.25) is 0 Å². The van der Waals surface area contributed by atoms with Crippen molar-refractivity contribution in [2.45, 2.75) is 26.4 Å². The number of hydrogen-bond donors (Lipinski definition) is 1. The molecule has 0 aromatic rings. The number of β-amino-alcohol motifs (C(OH)–C–C–N with tert-alkyl or cyclic N) is 1. The van der Waals surface area contributed by atoms with E-state index in [4.69, 9.17) is 7.98 Å². The standard InChI is InChI=1S/C8H16BNO/c1-6(2)7-3-4-10(9)5-8(7)11/h6-8,11H,3-5H2,1-2H3. The third kappa shape index (κ3) is 2.21. The van der Waals surface area contributed by atoms with Crippen molar-refractivity contribution in [3.63, 3.8) is 0 Å². The maximum Gasteiger partial charge on any atom is 0.182 e. The summed E-state index contributed by atoms with van der Waals surface area (Å²) >= 11 is 0. The van der Waals surface area contributed by atoms with Gasteiger partial charge in [0, 0.05) is 6.54 Å². The van der Waals surface area contributed by atoms with E-state index in [0.29, 0.717) is 18.4 Å². The molecule has 1 heterocycles. The van der Waals surface area contributed by atoms with E-state index in [0.717, 1.165) is 13.0 Å². The Labute approximate surface area is 70.0 Å². The van der Waals surface area contributed by atoms with Crippen molar-refractivity contribution >= 4 is 7.98 Å². The molecule has 1 fully saturated rings. The summed E-state index contributed by atoms with van der Waals surface area (Å²) < 4.78 is 0. The molecule has 0 aromatic heterocycles. The molecular weight excluding hydrogens is 137 g/mol. The van der Waals surface area contributed by atoms with Gasteiger partial charge >= 0.3 is 0 Å². The van der Waals surface area contributed by atoms with Gasteiger partial charge in [0.05, 0.1) is 6.10 Å². The van der Waals surface area contributed by atoms with Gasteiger partial charge < -0.3 is 9.92 Å². The maximum absolute atomic E-state index is 9.59. The number of nitrogens with zero attached hydrogens (tertiary/aromatic N) is 1. The van der Waals surface area contributed by atoms with Crippen LogP contribution in [0, 0.1) is 11.8 Å². The molecule has 1 rings (SSSR count). The summed E-state index contributed by atoms with van der Waals surface area (Å²) in [4.78, 5) is 1.70. The van der Waals surface area contributed by atoms with Gasteiger partial charge in [-0.05, 0) is 24.8 Å². The van der Waals surface area contributed by atoms with Crippen molar-refractivity contribution in [3.8, 4) is 0 Å².